The molecule has 0 bridgehead atoms. The zero-order valence-electron chi connectivity index (χ0n) is 22.8. The molecule has 1 aromatic heterocycles. The molecule has 208 valence electrons. The van der Waals surface area contributed by atoms with E-state index in [0.29, 0.717) is 45.4 Å². The van der Waals surface area contributed by atoms with Crippen molar-refractivity contribution in [3.05, 3.63) is 89.2 Å². The SMILES string of the molecule is CN(C)CCCCC(=O)N(C)c1ccc(N=C(c2ccc(CC(=O)O)cc2)c2c(O)[nH]c3cc(F)ccc23)cc1. The molecule has 0 unspecified atom stereocenters. The highest BCUT2D eigenvalue weighted by Gasteiger charge is 2.20. The number of benzene rings is 3. The Morgan fingerprint density at radius 1 is 0.950 bits per heavy atom. The molecule has 1 heterocycles. The van der Waals surface area contributed by atoms with Crippen molar-refractivity contribution in [3.63, 3.8) is 0 Å². The number of aromatic hydroxyl groups is 1. The Balaban J connectivity index is 1.66. The lowest BCUT2D eigenvalue weighted by molar-refractivity contribution is -0.136. The lowest BCUT2D eigenvalue weighted by Crippen LogP contribution is -2.26. The number of unbranched alkanes of at least 4 members (excludes halogenated alkanes) is 1. The number of fused-ring (bicyclic) bond motifs is 1. The Hall–Kier alpha value is -4.50. The van der Waals surface area contributed by atoms with Gasteiger partial charge < -0.3 is 25.0 Å². The fourth-order valence-corrected chi connectivity index (χ4v) is 4.51. The van der Waals surface area contributed by atoms with E-state index in [1.165, 1.54) is 12.1 Å². The van der Waals surface area contributed by atoms with Crippen LogP contribution in [0.3, 0.4) is 0 Å². The molecule has 0 fully saturated rings. The number of nitrogens with zero attached hydrogens (tertiary/aromatic N) is 3. The van der Waals surface area contributed by atoms with Gasteiger partial charge in [0.25, 0.3) is 0 Å². The maximum Gasteiger partial charge on any atom is 0.307 e. The van der Waals surface area contributed by atoms with E-state index in [4.69, 9.17) is 10.1 Å². The number of carboxylic acids is 1. The summed E-state index contributed by atoms with van der Waals surface area (Å²) in [6.45, 7) is 0.940. The minimum atomic E-state index is -0.935. The number of aliphatic imine (C=N–C) groups is 1. The number of anilines is 1. The highest BCUT2D eigenvalue weighted by atomic mass is 19.1. The number of nitrogens with one attached hydrogen (secondary N) is 1. The van der Waals surface area contributed by atoms with E-state index in [9.17, 15) is 19.1 Å². The van der Waals surface area contributed by atoms with Gasteiger partial charge in [0, 0.05) is 30.1 Å². The van der Waals surface area contributed by atoms with Gasteiger partial charge in [-0.05, 0) is 81.5 Å². The van der Waals surface area contributed by atoms with Crippen LogP contribution in [0.25, 0.3) is 10.9 Å². The van der Waals surface area contributed by atoms with Gasteiger partial charge in [0.15, 0.2) is 5.88 Å². The second-order valence-electron chi connectivity index (χ2n) is 10.00. The molecular formula is C31H33FN4O4. The molecule has 9 heteroatoms. The molecule has 0 spiro atoms. The van der Waals surface area contributed by atoms with E-state index in [0.717, 1.165) is 25.1 Å². The number of halogens is 1. The van der Waals surface area contributed by atoms with E-state index in [-0.39, 0.29) is 18.2 Å². The Morgan fingerprint density at radius 3 is 2.30 bits per heavy atom. The first-order chi connectivity index (χ1) is 19.1. The van der Waals surface area contributed by atoms with Crippen LogP contribution in [0.15, 0.2) is 71.7 Å². The third-order valence-corrected chi connectivity index (χ3v) is 6.66. The normalized spacial score (nSPS) is 11.8. The van der Waals surface area contributed by atoms with E-state index in [1.54, 1.807) is 54.4 Å². The average Bonchev–Trinajstić information content (AvgIpc) is 3.24. The largest absolute Gasteiger partial charge is 0.494 e. The zero-order valence-corrected chi connectivity index (χ0v) is 22.8. The average molecular weight is 545 g/mol. The molecule has 4 rings (SSSR count). The fraction of sp³-hybridized carbons (Fsp3) is 0.258. The minimum absolute atomic E-state index is 0.0353. The molecule has 0 radical (unpaired) electrons. The highest BCUT2D eigenvalue weighted by Crippen LogP contribution is 2.32. The van der Waals surface area contributed by atoms with Crippen molar-refractivity contribution >= 4 is 39.9 Å². The molecule has 0 aliphatic carbocycles. The maximum absolute atomic E-state index is 13.9. The number of aliphatic carboxylic acids is 1. The summed E-state index contributed by atoms with van der Waals surface area (Å²) in [5, 5.41) is 20.5. The van der Waals surface area contributed by atoms with Crippen LogP contribution < -0.4 is 4.90 Å². The molecule has 3 N–H and O–H groups in total. The van der Waals surface area contributed by atoms with Gasteiger partial charge >= 0.3 is 5.97 Å². The molecule has 3 aromatic carbocycles. The number of hydrogen-bond donors (Lipinski definition) is 3. The van der Waals surface area contributed by atoms with Crippen molar-refractivity contribution in [2.75, 3.05) is 32.6 Å². The fourth-order valence-electron chi connectivity index (χ4n) is 4.51. The summed E-state index contributed by atoms with van der Waals surface area (Å²) in [7, 11) is 5.77. The zero-order chi connectivity index (χ0) is 28.8. The van der Waals surface area contributed by atoms with Gasteiger partial charge in [-0.2, -0.15) is 0 Å². The van der Waals surface area contributed by atoms with Crippen molar-refractivity contribution < 1.29 is 24.2 Å². The van der Waals surface area contributed by atoms with Crippen LogP contribution in [0, 0.1) is 5.82 Å². The standard InChI is InChI=1S/C31H33FN4O4/c1-35(2)17-5-4-6-27(37)36(3)24-14-12-23(13-15-24)33-30(21-9-7-20(8-10-21)18-28(38)39)29-25-16-11-22(32)19-26(25)34-31(29)40/h7-16,19,34,40H,4-6,17-18H2,1-3H3,(H,38,39). The van der Waals surface area contributed by atoms with Crippen molar-refractivity contribution in [1.82, 2.24) is 9.88 Å². The Bertz CT molecular complexity index is 1530. The lowest BCUT2D eigenvalue weighted by atomic mass is 9.99. The summed E-state index contributed by atoms with van der Waals surface area (Å²) in [5.41, 5.74) is 3.83. The number of aromatic nitrogens is 1. The van der Waals surface area contributed by atoms with Gasteiger partial charge in [-0.1, -0.05) is 24.3 Å². The monoisotopic (exact) mass is 544 g/mol. The first-order valence-electron chi connectivity index (χ1n) is 13.0. The predicted molar refractivity (Wildman–Crippen MR) is 155 cm³/mol. The van der Waals surface area contributed by atoms with Crippen LogP contribution in [-0.2, 0) is 16.0 Å². The first-order valence-corrected chi connectivity index (χ1v) is 13.0. The van der Waals surface area contributed by atoms with E-state index >= 15 is 0 Å². The number of carbonyl (C=O) groups is 2. The second-order valence-corrected chi connectivity index (χ2v) is 10.00. The number of amides is 1. The van der Waals surface area contributed by atoms with Crippen molar-refractivity contribution in [2.45, 2.75) is 25.7 Å². The van der Waals surface area contributed by atoms with Gasteiger partial charge in [0.1, 0.15) is 5.82 Å². The molecular weight excluding hydrogens is 511 g/mol. The topological polar surface area (TPSA) is 109 Å². The minimum Gasteiger partial charge on any atom is -0.494 e. The summed E-state index contributed by atoms with van der Waals surface area (Å²) < 4.78 is 13.9. The highest BCUT2D eigenvalue weighted by molar-refractivity contribution is 6.21. The Kier molecular flexibility index (Phi) is 8.96. The van der Waals surface area contributed by atoms with Gasteiger partial charge in [0.05, 0.1) is 28.9 Å². The number of carboxylic acid groups (broad SMARTS) is 1. The third-order valence-electron chi connectivity index (χ3n) is 6.66. The number of rotatable bonds is 11. The second kappa shape index (κ2) is 12.6. The number of carbonyl (C=O) groups excluding carboxylic acids is 1. The number of hydrogen-bond acceptors (Lipinski definition) is 5. The van der Waals surface area contributed by atoms with Crippen molar-refractivity contribution in [1.29, 1.82) is 0 Å². The molecule has 4 aromatic rings. The van der Waals surface area contributed by atoms with Crippen LogP contribution in [-0.4, -0.2) is 65.4 Å². The first kappa shape index (κ1) is 28.5. The summed E-state index contributed by atoms with van der Waals surface area (Å²) in [5.74, 6) is -1.50. The van der Waals surface area contributed by atoms with Crippen molar-refractivity contribution in [3.8, 4) is 5.88 Å². The smallest absolute Gasteiger partial charge is 0.307 e. The van der Waals surface area contributed by atoms with Gasteiger partial charge in [-0.15, -0.1) is 0 Å². The van der Waals surface area contributed by atoms with Crippen LogP contribution in [0.4, 0.5) is 15.8 Å². The Labute approximate surface area is 232 Å². The lowest BCUT2D eigenvalue weighted by Gasteiger charge is -2.18. The quantitative estimate of drug-likeness (QED) is 0.171. The molecule has 0 aliphatic heterocycles. The summed E-state index contributed by atoms with van der Waals surface area (Å²) >= 11 is 0. The molecule has 0 saturated carbocycles. The van der Waals surface area contributed by atoms with E-state index < -0.39 is 11.8 Å². The van der Waals surface area contributed by atoms with Crippen molar-refractivity contribution in [2.24, 2.45) is 4.99 Å². The molecule has 0 saturated heterocycles. The van der Waals surface area contributed by atoms with Crippen LogP contribution >= 0.6 is 0 Å². The van der Waals surface area contributed by atoms with Crippen LogP contribution in [0.2, 0.25) is 0 Å². The van der Waals surface area contributed by atoms with Gasteiger partial charge in [-0.25, -0.2) is 9.38 Å². The predicted octanol–water partition coefficient (Wildman–Crippen LogP) is 5.50. The van der Waals surface area contributed by atoms with Crippen LogP contribution in [0.5, 0.6) is 5.88 Å². The maximum atomic E-state index is 13.9. The van der Waals surface area contributed by atoms with E-state index in [1.807, 2.05) is 26.2 Å². The third kappa shape index (κ3) is 6.92. The van der Waals surface area contributed by atoms with Crippen LogP contribution in [0.1, 0.15) is 36.0 Å². The summed E-state index contributed by atoms with van der Waals surface area (Å²) in [6, 6.07) is 18.3. The molecule has 40 heavy (non-hydrogen) atoms. The van der Waals surface area contributed by atoms with E-state index in [2.05, 4.69) is 9.88 Å². The summed E-state index contributed by atoms with van der Waals surface area (Å²) in [4.78, 5) is 35.2. The molecule has 0 aliphatic rings. The Morgan fingerprint density at radius 2 is 1.65 bits per heavy atom. The van der Waals surface area contributed by atoms with Gasteiger partial charge in [-0.3, -0.25) is 9.59 Å². The summed E-state index contributed by atoms with van der Waals surface area (Å²) in [6.07, 6.45) is 2.12. The molecule has 1 amide bonds. The van der Waals surface area contributed by atoms with Gasteiger partial charge in [0.2, 0.25) is 5.91 Å². The molecule has 8 nitrogen and oxygen atoms in total. The number of aromatic amines is 1. The molecule has 0 atom stereocenters. The number of H-pyrrole nitrogens is 1.